The maximum Gasteiger partial charge on any atom is 0.419 e. The second-order valence-electron chi connectivity index (χ2n) is 7.45. The summed E-state index contributed by atoms with van der Waals surface area (Å²) in [7, 11) is 0. The van der Waals surface area contributed by atoms with Crippen LogP contribution >= 0.6 is 0 Å². The minimum atomic E-state index is -4.88. The fourth-order valence-electron chi connectivity index (χ4n) is 3.31. The maximum absolute atomic E-state index is 14.2. The number of aromatic amines is 1. The van der Waals surface area contributed by atoms with E-state index in [9.17, 15) is 27.2 Å². The number of hydrogen-bond donors (Lipinski definition) is 3. The third-order valence-corrected chi connectivity index (χ3v) is 5.14. The van der Waals surface area contributed by atoms with Gasteiger partial charge in [0.15, 0.2) is 5.82 Å². The molecule has 1 aromatic heterocycles. The predicted molar refractivity (Wildman–Crippen MR) is 105 cm³/mol. The molecule has 1 aliphatic carbocycles. The number of para-hydroxylation sites is 2. The van der Waals surface area contributed by atoms with E-state index in [1.54, 1.807) is 0 Å². The first kappa shape index (κ1) is 20.8. The lowest BCUT2D eigenvalue weighted by Crippen LogP contribution is -2.46. The Morgan fingerprint density at radius 2 is 1.84 bits per heavy atom. The van der Waals surface area contributed by atoms with Crippen LogP contribution in [0.4, 0.5) is 23.2 Å². The lowest BCUT2D eigenvalue weighted by molar-refractivity contribution is -0.140. The number of aryl methyl sites for hydroxylation is 1. The first-order valence-corrected chi connectivity index (χ1v) is 9.60. The number of halogens is 4. The molecule has 3 aromatic rings. The van der Waals surface area contributed by atoms with Crippen molar-refractivity contribution in [1.82, 2.24) is 15.3 Å². The zero-order valence-corrected chi connectivity index (χ0v) is 16.1. The van der Waals surface area contributed by atoms with E-state index in [0.29, 0.717) is 31.2 Å². The molecule has 6 nitrogen and oxygen atoms in total. The van der Waals surface area contributed by atoms with Gasteiger partial charge in [0.25, 0.3) is 0 Å². The molecule has 0 bridgehead atoms. The molecule has 1 fully saturated rings. The number of alkyl halides is 3. The van der Waals surface area contributed by atoms with Crippen LogP contribution in [0, 0.1) is 5.82 Å². The minimum Gasteiger partial charge on any atom is -0.342 e. The lowest BCUT2D eigenvalue weighted by Gasteiger charge is -2.18. The van der Waals surface area contributed by atoms with Gasteiger partial charge in [-0.2, -0.15) is 13.2 Å². The summed E-state index contributed by atoms with van der Waals surface area (Å²) in [5.41, 5.74) is -1.67. The molecule has 2 amide bonds. The Morgan fingerprint density at radius 3 is 2.52 bits per heavy atom. The third kappa shape index (κ3) is 4.37. The second kappa shape index (κ2) is 7.68. The van der Waals surface area contributed by atoms with Crippen molar-refractivity contribution in [3.63, 3.8) is 0 Å². The number of aromatic nitrogens is 2. The highest BCUT2D eigenvalue weighted by Crippen LogP contribution is 2.38. The van der Waals surface area contributed by atoms with E-state index < -0.39 is 40.6 Å². The number of imidazole rings is 1. The zero-order valence-electron chi connectivity index (χ0n) is 16.1. The molecule has 0 spiro atoms. The van der Waals surface area contributed by atoms with Crippen LogP contribution in [-0.2, 0) is 22.2 Å². The van der Waals surface area contributed by atoms with Crippen LogP contribution in [0.1, 0.15) is 30.7 Å². The monoisotopic (exact) mass is 434 g/mol. The molecule has 2 aromatic carbocycles. The number of nitrogens with zero attached hydrogens (tertiary/aromatic N) is 1. The number of fused-ring (bicyclic) bond motifs is 1. The van der Waals surface area contributed by atoms with Crippen LogP contribution in [0.3, 0.4) is 0 Å². The van der Waals surface area contributed by atoms with Crippen molar-refractivity contribution in [2.24, 2.45) is 0 Å². The largest absolute Gasteiger partial charge is 0.419 e. The fourth-order valence-corrected chi connectivity index (χ4v) is 3.31. The molecule has 1 saturated carbocycles. The molecule has 0 atom stereocenters. The van der Waals surface area contributed by atoms with Gasteiger partial charge in [0.05, 0.1) is 22.3 Å². The summed E-state index contributed by atoms with van der Waals surface area (Å²) in [5, 5.41) is 4.79. The Bertz CT molecular complexity index is 1120. The smallest absolute Gasteiger partial charge is 0.342 e. The van der Waals surface area contributed by atoms with Crippen LogP contribution in [0.15, 0.2) is 42.5 Å². The molecule has 31 heavy (non-hydrogen) atoms. The van der Waals surface area contributed by atoms with Crippen LogP contribution < -0.4 is 10.6 Å². The number of benzene rings is 2. The maximum atomic E-state index is 14.2. The third-order valence-electron chi connectivity index (χ3n) is 5.14. The van der Waals surface area contributed by atoms with Gasteiger partial charge in [-0.25, -0.2) is 9.37 Å². The van der Waals surface area contributed by atoms with Gasteiger partial charge in [-0.15, -0.1) is 0 Å². The molecular formula is C21H18F4N4O2. The van der Waals surface area contributed by atoms with Crippen LogP contribution in [0.2, 0.25) is 0 Å². The summed E-state index contributed by atoms with van der Waals surface area (Å²) >= 11 is 0. The Balaban J connectivity index is 1.37. The van der Waals surface area contributed by atoms with Crippen LogP contribution in [0.5, 0.6) is 0 Å². The highest BCUT2D eigenvalue weighted by atomic mass is 19.4. The number of carbonyl (C=O) groups is 2. The number of carbonyl (C=O) groups excluding carboxylic acids is 2. The quantitative estimate of drug-likeness (QED) is 0.514. The molecule has 1 heterocycles. The average Bonchev–Trinajstić information content (AvgIpc) is 3.37. The van der Waals surface area contributed by atoms with Crippen molar-refractivity contribution in [3.8, 4) is 0 Å². The molecule has 0 aliphatic heterocycles. The Kier molecular flexibility index (Phi) is 5.16. The van der Waals surface area contributed by atoms with Gasteiger partial charge < -0.3 is 15.6 Å². The fraction of sp³-hybridized carbons (Fsp3) is 0.286. The van der Waals surface area contributed by atoms with Crippen molar-refractivity contribution < 1.29 is 27.2 Å². The number of amides is 2. The van der Waals surface area contributed by atoms with Crippen molar-refractivity contribution >= 4 is 28.5 Å². The summed E-state index contributed by atoms with van der Waals surface area (Å²) in [4.78, 5) is 32.4. The van der Waals surface area contributed by atoms with Gasteiger partial charge >= 0.3 is 6.18 Å². The first-order valence-electron chi connectivity index (χ1n) is 9.60. The second-order valence-corrected chi connectivity index (χ2v) is 7.45. The number of anilines is 1. The average molecular weight is 434 g/mol. The standard InChI is InChI=1S/C21H18F4N4O2/c22-18-12(21(23,24)25)4-3-7-15(18)28-19(31)20(10-11-20)29-17(30)9-8-16-26-13-5-1-2-6-14(13)27-16/h1-7H,8-11H2,(H,26,27)(H,28,31)(H,29,30). The zero-order chi connectivity index (χ0) is 22.2. The Morgan fingerprint density at radius 1 is 1.10 bits per heavy atom. The molecule has 3 N–H and O–H groups in total. The van der Waals surface area contributed by atoms with Crippen molar-refractivity contribution in [2.45, 2.75) is 37.4 Å². The number of nitrogens with one attached hydrogen (secondary N) is 3. The van der Waals surface area contributed by atoms with E-state index in [2.05, 4.69) is 20.6 Å². The van der Waals surface area contributed by atoms with Crippen molar-refractivity contribution in [3.05, 3.63) is 59.7 Å². The van der Waals surface area contributed by atoms with E-state index in [4.69, 9.17) is 0 Å². The Hall–Kier alpha value is -3.43. The van der Waals surface area contributed by atoms with Gasteiger partial charge in [0, 0.05) is 12.8 Å². The first-order chi connectivity index (χ1) is 14.7. The van der Waals surface area contributed by atoms with Gasteiger partial charge in [-0.3, -0.25) is 9.59 Å². The molecule has 0 unspecified atom stereocenters. The predicted octanol–water partition coefficient (Wildman–Crippen LogP) is 3.94. The number of hydrogen-bond acceptors (Lipinski definition) is 3. The van der Waals surface area contributed by atoms with E-state index in [-0.39, 0.29) is 6.42 Å². The van der Waals surface area contributed by atoms with Gasteiger partial charge in [0.1, 0.15) is 11.4 Å². The molecule has 10 heteroatoms. The van der Waals surface area contributed by atoms with Gasteiger partial charge in [0.2, 0.25) is 11.8 Å². The van der Waals surface area contributed by atoms with E-state index in [0.717, 1.165) is 23.2 Å². The summed E-state index contributed by atoms with van der Waals surface area (Å²) in [6.45, 7) is 0. The normalized spacial score (nSPS) is 15.0. The Labute approximate surface area is 174 Å². The summed E-state index contributed by atoms with van der Waals surface area (Å²) < 4.78 is 52.7. The summed E-state index contributed by atoms with van der Waals surface area (Å²) in [5.74, 6) is -2.09. The molecule has 0 saturated heterocycles. The van der Waals surface area contributed by atoms with Crippen molar-refractivity contribution in [1.29, 1.82) is 0 Å². The molecule has 162 valence electrons. The SMILES string of the molecule is O=C(CCc1nc2ccccc2[nH]1)NC1(C(=O)Nc2cccc(C(F)(F)F)c2F)CC1. The van der Waals surface area contributed by atoms with E-state index >= 15 is 0 Å². The summed E-state index contributed by atoms with van der Waals surface area (Å²) in [6, 6.07) is 10.1. The lowest BCUT2D eigenvalue weighted by atomic mass is 10.1. The van der Waals surface area contributed by atoms with Gasteiger partial charge in [-0.05, 0) is 37.1 Å². The van der Waals surface area contributed by atoms with Crippen LogP contribution in [-0.4, -0.2) is 27.3 Å². The highest BCUT2D eigenvalue weighted by molar-refractivity contribution is 6.02. The number of H-pyrrole nitrogens is 1. The van der Waals surface area contributed by atoms with Gasteiger partial charge in [-0.1, -0.05) is 18.2 Å². The van der Waals surface area contributed by atoms with E-state index in [1.807, 2.05) is 24.3 Å². The topological polar surface area (TPSA) is 86.9 Å². The number of rotatable bonds is 6. The molecule has 0 radical (unpaired) electrons. The minimum absolute atomic E-state index is 0.0623. The highest BCUT2D eigenvalue weighted by Gasteiger charge is 2.51. The van der Waals surface area contributed by atoms with E-state index in [1.165, 1.54) is 0 Å². The van der Waals surface area contributed by atoms with Crippen molar-refractivity contribution in [2.75, 3.05) is 5.32 Å². The molecule has 1 aliphatic rings. The molecule has 4 rings (SSSR count). The van der Waals surface area contributed by atoms with Crippen LogP contribution in [0.25, 0.3) is 11.0 Å². The molecular weight excluding hydrogens is 416 g/mol. The summed E-state index contributed by atoms with van der Waals surface area (Å²) in [6.07, 6.45) is -3.87.